The van der Waals surface area contributed by atoms with Gasteiger partial charge in [-0.25, -0.2) is 8.42 Å². The zero-order valence-corrected chi connectivity index (χ0v) is 14.8. The van der Waals surface area contributed by atoms with Crippen LogP contribution in [0.4, 0.5) is 0 Å². The van der Waals surface area contributed by atoms with Crippen molar-refractivity contribution in [3.05, 3.63) is 63.6 Å². The summed E-state index contributed by atoms with van der Waals surface area (Å²) in [5, 5.41) is 0.0643. The summed E-state index contributed by atoms with van der Waals surface area (Å²) >= 11 is 9.22. The average molecular weight is 401 g/mol. The molecule has 3 atom stereocenters. The molecule has 0 amide bonds. The van der Waals surface area contributed by atoms with Crippen LogP contribution < -0.4 is 5.73 Å². The highest BCUT2D eigenvalue weighted by atomic mass is 79.9. The number of rotatable bonds is 4. The number of nitrogens with two attached hydrogens (primary N) is 1. The topological polar surface area (TPSA) is 60.2 Å². The molecule has 116 valence electrons. The fourth-order valence-electron chi connectivity index (χ4n) is 2.95. The largest absolute Gasteiger partial charge is 0.330 e. The number of benzene rings is 2. The van der Waals surface area contributed by atoms with E-state index in [9.17, 15) is 8.42 Å². The van der Waals surface area contributed by atoms with Crippen molar-refractivity contribution in [1.29, 1.82) is 0 Å². The molecule has 6 heteroatoms. The molecule has 1 aliphatic carbocycles. The van der Waals surface area contributed by atoms with Gasteiger partial charge >= 0.3 is 0 Å². The number of hydrogen-bond donors (Lipinski definition) is 1. The first-order valence-corrected chi connectivity index (χ1v) is 9.62. The van der Waals surface area contributed by atoms with Gasteiger partial charge in [-0.2, -0.15) is 0 Å². The van der Waals surface area contributed by atoms with Crippen LogP contribution in [-0.4, -0.2) is 20.2 Å². The van der Waals surface area contributed by atoms with Crippen molar-refractivity contribution >= 4 is 37.4 Å². The highest BCUT2D eigenvalue weighted by Crippen LogP contribution is 2.53. The van der Waals surface area contributed by atoms with E-state index in [0.29, 0.717) is 16.5 Å². The van der Waals surface area contributed by atoms with Crippen molar-refractivity contribution < 1.29 is 8.42 Å². The standard InChI is InChI=1S/C16H15BrClNO2S/c17-11-3-1-10(2-4-11)15-14(9-19)16(15)22(20,21)13-7-5-12(18)6-8-13/h1-8,14-16H,9,19H2. The van der Waals surface area contributed by atoms with Crippen LogP contribution >= 0.6 is 27.5 Å². The molecule has 3 nitrogen and oxygen atoms in total. The Morgan fingerprint density at radius 2 is 1.64 bits per heavy atom. The zero-order chi connectivity index (χ0) is 15.9. The van der Waals surface area contributed by atoms with Gasteiger partial charge in [0.1, 0.15) is 0 Å². The first-order chi connectivity index (χ1) is 10.4. The van der Waals surface area contributed by atoms with Crippen LogP contribution in [0.1, 0.15) is 11.5 Å². The van der Waals surface area contributed by atoms with Crippen LogP contribution in [0.15, 0.2) is 57.9 Å². The quantitative estimate of drug-likeness (QED) is 0.852. The van der Waals surface area contributed by atoms with E-state index in [-0.39, 0.29) is 11.8 Å². The van der Waals surface area contributed by atoms with Crippen molar-refractivity contribution in [2.24, 2.45) is 11.7 Å². The van der Waals surface area contributed by atoms with Gasteiger partial charge in [0.05, 0.1) is 10.1 Å². The van der Waals surface area contributed by atoms with Gasteiger partial charge in [-0.3, -0.25) is 0 Å². The Hall–Kier alpha value is -0.880. The molecule has 2 aromatic rings. The molecule has 3 rings (SSSR count). The first kappa shape index (κ1) is 16.0. The van der Waals surface area contributed by atoms with Crippen molar-refractivity contribution in [1.82, 2.24) is 0 Å². The summed E-state index contributed by atoms with van der Waals surface area (Å²) in [4.78, 5) is 0.306. The maximum atomic E-state index is 12.8. The molecule has 1 saturated carbocycles. The number of halogens is 2. The molecule has 1 aliphatic rings. The Morgan fingerprint density at radius 1 is 1.05 bits per heavy atom. The van der Waals surface area contributed by atoms with Crippen molar-refractivity contribution in [3.8, 4) is 0 Å². The molecular formula is C16H15BrClNO2S. The minimum absolute atomic E-state index is 0.0400. The van der Waals surface area contributed by atoms with E-state index in [4.69, 9.17) is 17.3 Å². The molecule has 1 fully saturated rings. The highest BCUT2D eigenvalue weighted by molar-refractivity contribution is 9.10. The fraction of sp³-hybridized carbons (Fsp3) is 0.250. The van der Waals surface area contributed by atoms with E-state index >= 15 is 0 Å². The van der Waals surface area contributed by atoms with Crippen molar-refractivity contribution in [2.75, 3.05) is 6.54 Å². The van der Waals surface area contributed by atoms with Crippen LogP contribution in [0.2, 0.25) is 5.02 Å². The van der Waals surface area contributed by atoms with Gasteiger partial charge in [-0.15, -0.1) is 0 Å². The second-order valence-electron chi connectivity index (χ2n) is 5.44. The molecule has 0 aromatic heterocycles. The van der Waals surface area contributed by atoms with Crippen LogP contribution in [0.3, 0.4) is 0 Å². The van der Waals surface area contributed by atoms with Gasteiger partial charge in [0.25, 0.3) is 0 Å². The molecular weight excluding hydrogens is 386 g/mol. The third-order valence-corrected chi connectivity index (χ3v) is 7.19. The lowest BCUT2D eigenvalue weighted by Crippen LogP contribution is -2.13. The normalized spacial score (nSPS) is 24.2. The summed E-state index contributed by atoms with van der Waals surface area (Å²) in [6.07, 6.45) is 0. The highest BCUT2D eigenvalue weighted by Gasteiger charge is 2.57. The SMILES string of the molecule is NCC1C(c2ccc(Br)cc2)C1S(=O)(=O)c1ccc(Cl)cc1. The van der Waals surface area contributed by atoms with Crippen LogP contribution in [0.5, 0.6) is 0 Å². The molecule has 0 bridgehead atoms. The van der Waals surface area contributed by atoms with Gasteiger partial charge < -0.3 is 5.73 Å². The van der Waals surface area contributed by atoms with E-state index in [2.05, 4.69) is 15.9 Å². The van der Waals surface area contributed by atoms with Gasteiger partial charge in [0.15, 0.2) is 9.84 Å². The van der Waals surface area contributed by atoms with Gasteiger partial charge in [0.2, 0.25) is 0 Å². The van der Waals surface area contributed by atoms with E-state index < -0.39 is 15.1 Å². The van der Waals surface area contributed by atoms with E-state index in [1.54, 1.807) is 24.3 Å². The van der Waals surface area contributed by atoms with E-state index in [1.807, 2.05) is 24.3 Å². The Labute approximate surface area is 143 Å². The third kappa shape index (κ3) is 2.83. The summed E-state index contributed by atoms with van der Waals surface area (Å²) in [5.41, 5.74) is 6.80. The first-order valence-electron chi connectivity index (χ1n) is 6.90. The van der Waals surface area contributed by atoms with Crippen molar-refractivity contribution in [3.63, 3.8) is 0 Å². The maximum absolute atomic E-state index is 12.8. The lowest BCUT2D eigenvalue weighted by molar-refractivity contribution is 0.591. The average Bonchev–Trinajstić information content (AvgIpc) is 3.24. The summed E-state index contributed by atoms with van der Waals surface area (Å²) in [7, 11) is -3.40. The predicted molar refractivity (Wildman–Crippen MR) is 91.9 cm³/mol. The van der Waals surface area contributed by atoms with Gasteiger partial charge in [-0.05, 0) is 54.4 Å². The Bertz CT molecular complexity index is 775. The van der Waals surface area contributed by atoms with Gasteiger partial charge in [0, 0.05) is 15.4 Å². The lowest BCUT2D eigenvalue weighted by Gasteiger charge is -2.05. The number of sulfone groups is 1. The Kier molecular flexibility index (Phi) is 4.34. The summed E-state index contributed by atoms with van der Waals surface area (Å²) < 4.78 is 26.6. The van der Waals surface area contributed by atoms with Crippen LogP contribution in [0.25, 0.3) is 0 Å². The molecule has 3 unspecified atom stereocenters. The predicted octanol–water partition coefficient (Wildman–Crippen LogP) is 3.62. The molecule has 0 radical (unpaired) electrons. The molecule has 0 spiro atoms. The van der Waals surface area contributed by atoms with E-state index in [1.165, 1.54) is 0 Å². The lowest BCUT2D eigenvalue weighted by atomic mass is 10.1. The summed E-state index contributed by atoms with van der Waals surface area (Å²) in [6, 6.07) is 14.1. The fourth-order valence-corrected chi connectivity index (χ4v) is 5.56. The Balaban J connectivity index is 1.93. The second-order valence-corrected chi connectivity index (χ2v) is 8.90. The second kappa shape index (κ2) is 5.96. The monoisotopic (exact) mass is 399 g/mol. The zero-order valence-electron chi connectivity index (χ0n) is 11.6. The minimum Gasteiger partial charge on any atom is -0.330 e. The molecule has 0 aliphatic heterocycles. The van der Waals surface area contributed by atoms with Gasteiger partial charge in [-0.1, -0.05) is 39.7 Å². The minimum atomic E-state index is -3.40. The molecule has 22 heavy (non-hydrogen) atoms. The Morgan fingerprint density at radius 3 is 2.18 bits per heavy atom. The summed E-state index contributed by atoms with van der Waals surface area (Å²) in [6.45, 7) is 0.359. The van der Waals surface area contributed by atoms with Crippen LogP contribution in [-0.2, 0) is 9.84 Å². The van der Waals surface area contributed by atoms with Crippen LogP contribution in [0, 0.1) is 5.92 Å². The summed E-state index contributed by atoms with van der Waals surface area (Å²) in [5.74, 6) is -0.0827. The molecule has 2 aromatic carbocycles. The molecule has 0 heterocycles. The number of hydrogen-bond acceptors (Lipinski definition) is 3. The maximum Gasteiger partial charge on any atom is 0.182 e. The third-order valence-electron chi connectivity index (χ3n) is 4.12. The smallest absolute Gasteiger partial charge is 0.182 e. The molecule has 0 saturated heterocycles. The van der Waals surface area contributed by atoms with Crippen molar-refractivity contribution in [2.45, 2.75) is 16.1 Å². The molecule has 2 N–H and O–H groups in total. The van der Waals surface area contributed by atoms with E-state index in [0.717, 1.165) is 10.0 Å².